The van der Waals surface area contributed by atoms with E-state index in [4.69, 9.17) is 4.52 Å². The second-order valence-corrected chi connectivity index (χ2v) is 5.11. The number of piperidine rings is 1. The molecule has 1 aliphatic heterocycles. The molecule has 1 fully saturated rings. The Hall–Kier alpha value is -2.18. The van der Waals surface area contributed by atoms with E-state index >= 15 is 0 Å². The van der Waals surface area contributed by atoms with Gasteiger partial charge < -0.3 is 9.42 Å². The first-order valence-corrected chi connectivity index (χ1v) is 6.72. The van der Waals surface area contributed by atoms with Gasteiger partial charge in [-0.1, -0.05) is 5.16 Å². The molecule has 0 atom stereocenters. The smallest absolute Gasteiger partial charge is 0.274 e. The van der Waals surface area contributed by atoms with Crippen molar-refractivity contribution in [3.05, 3.63) is 29.7 Å². The minimum absolute atomic E-state index is 0.00616. The SMILES string of the molecule is Cc1nc(C2CCN(C(=O)c3ccn(C)n3)CC2)no1. The maximum absolute atomic E-state index is 12.3. The lowest BCUT2D eigenvalue weighted by Crippen LogP contribution is -2.38. The second-order valence-electron chi connectivity index (χ2n) is 5.11. The third-order valence-electron chi connectivity index (χ3n) is 3.62. The van der Waals surface area contributed by atoms with Gasteiger partial charge in [-0.2, -0.15) is 10.1 Å². The van der Waals surface area contributed by atoms with Crippen LogP contribution in [0.1, 0.15) is 41.0 Å². The van der Waals surface area contributed by atoms with Crippen molar-refractivity contribution in [1.29, 1.82) is 0 Å². The number of aromatic nitrogens is 4. The number of aryl methyl sites for hydroxylation is 2. The minimum Gasteiger partial charge on any atom is -0.340 e. The Morgan fingerprint density at radius 3 is 2.70 bits per heavy atom. The zero-order valence-electron chi connectivity index (χ0n) is 11.6. The summed E-state index contributed by atoms with van der Waals surface area (Å²) >= 11 is 0. The van der Waals surface area contributed by atoms with Crippen LogP contribution < -0.4 is 0 Å². The lowest BCUT2D eigenvalue weighted by molar-refractivity contribution is 0.0704. The summed E-state index contributed by atoms with van der Waals surface area (Å²) in [6, 6.07) is 1.75. The van der Waals surface area contributed by atoms with Gasteiger partial charge in [-0.25, -0.2) is 0 Å². The third-order valence-corrected chi connectivity index (χ3v) is 3.62. The van der Waals surface area contributed by atoms with Gasteiger partial charge in [-0.15, -0.1) is 0 Å². The molecule has 0 bridgehead atoms. The number of carbonyl (C=O) groups excluding carboxylic acids is 1. The highest BCUT2D eigenvalue weighted by molar-refractivity contribution is 5.92. The van der Waals surface area contributed by atoms with Crippen molar-refractivity contribution in [3.8, 4) is 0 Å². The van der Waals surface area contributed by atoms with Crippen molar-refractivity contribution >= 4 is 5.91 Å². The molecular formula is C13H17N5O2. The van der Waals surface area contributed by atoms with Gasteiger partial charge >= 0.3 is 0 Å². The summed E-state index contributed by atoms with van der Waals surface area (Å²) in [7, 11) is 1.81. The third kappa shape index (κ3) is 2.43. The first-order valence-electron chi connectivity index (χ1n) is 6.72. The van der Waals surface area contributed by atoms with Crippen LogP contribution in [0.3, 0.4) is 0 Å². The molecule has 0 aliphatic carbocycles. The van der Waals surface area contributed by atoms with Gasteiger partial charge in [0.15, 0.2) is 5.82 Å². The molecule has 1 aliphatic rings. The highest BCUT2D eigenvalue weighted by Gasteiger charge is 2.27. The predicted octanol–water partition coefficient (Wildman–Crippen LogP) is 1.13. The van der Waals surface area contributed by atoms with Crippen LogP contribution in [0, 0.1) is 6.92 Å². The number of carbonyl (C=O) groups is 1. The molecule has 0 aromatic carbocycles. The maximum atomic E-state index is 12.3. The van der Waals surface area contributed by atoms with Crippen LogP contribution in [0.15, 0.2) is 16.8 Å². The summed E-state index contributed by atoms with van der Waals surface area (Å²) in [4.78, 5) is 18.4. The Morgan fingerprint density at radius 2 is 2.15 bits per heavy atom. The highest BCUT2D eigenvalue weighted by atomic mass is 16.5. The lowest BCUT2D eigenvalue weighted by Gasteiger charge is -2.30. The first-order chi connectivity index (χ1) is 9.63. The van der Waals surface area contributed by atoms with Crippen LogP contribution in [-0.4, -0.2) is 43.8 Å². The van der Waals surface area contributed by atoms with Gasteiger partial charge in [-0.3, -0.25) is 9.48 Å². The van der Waals surface area contributed by atoms with E-state index in [0.29, 0.717) is 24.7 Å². The van der Waals surface area contributed by atoms with Crippen LogP contribution >= 0.6 is 0 Å². The molecule has 0 saturated carbocycles. The van der Waals surface area contributed by atoms with Crippen molar-refractivity contribution < 1.29 is 9.32 Å². The molecule has 0 radical (unpaired) electrons. The molecule has 1 saturated heterocycles. The molecule has 7 nitrogen and oxygen atoms in total. The Morgan fingerprint density at radius 1 is 1.40 bits per heavy atom. The maximum Gasteiger partial charge on any atom is 0.274 e. The summed E-state index contributed by atoms with van der Waals surface area (Å²) in [6.07, 6.45) is 3.50. The van der Waals surface area contributed by atoms with Gasteiger partial charge in [0.1, 0.15) is 5.69 Å². The van der Waals surface area contributed by atoms with Crippen LogP contribution in [0.2, 0.25) is 0 Å². The van der Waals surface area contributed by atoms with E-state index in [2.05, 4.69) is 15.2 Å². The summed E-state index contributed by atoms with van der Waals surface area (Å²) in [5.41, 5.74) is 0.501. The molecular weight excluding hydrogens is 258 g/mol. The first kappa shape index (κ1) is 12.8. The van der Waals surface area contributed by atoms with Crippen molar-refractivity contribution in [3.63, 3.8) is 0 Å². The van der Waals surface area contributed by atoms with Gasteiger partial charge in [0, 0.05) is 39.2 Å². The Balaban J connectivity index is 1.62. The van der Waals surface area contributed by atoms with E-state index in [1.54, 1.807) is 23.9 Å². The van der Waals surface area contributed by atoms with Crippen LogP contribution in [0.4, 0.5) is 0 Å². The molecule has 106 valence electrons. The number of rotatable bonds is 2. The normalized spacial score (nSPS) is 16.6. The fraction of sp³-hybridized carbons (Fsp3) is 0.538. The molecule has 3 rings (SSSR count). The summed E-state index contributed by atoms with van der Waals surface area (Å²) in [5, 5.41) is 8.12. The quantitative estimate of drug-likeness (QED) is 0.821. The van der Waals surface area contributed by atoms with Crippen molar-refractivity contribution in [2.75, 3.05) is 13.1 Å². The fourth-order valence-corrected chi connectivity index (χ4v) is 2.51. The average Bonchev–Trinajstić information content (AvgIpc) is 3.07. The van der Waals surface area contributed by atoms with Gasteiger partial charge in [0.25, 0.3) is 5.91 Å². The Labute approximate surface area is 116 Å². The largest absolute Gasteiger partial charge is 0.340 e. The summed E-state index contributed by atoms with van der Waals surface area (Å²) in [6.45, 7) is 3.19. The molecule has 2 aromatic rings. The zero-order chi connectivity index (χ0) is 14.1. The Bertz CT molecular complexity index is 610. The van der Waals surface area contributed by atoms with Crippen molar-refractivity contribution in [2.24, 2.45) is 7.05 Å². The van der Waals surface area contributed by atoms with E-state index < -0.39 is 0 Å². The number of hydrogen-bond acceptors (Lipinski definition) is 5. The number of hydrogen-bond donors (Lipinski definition) is 0. The number of likely N-dealkylation sites (tertiary alicyclic amines) is 1. The standard InChI is InChI=1S/C13H17N5O2/c1-9-14-12(16-20-9)10-3-7-18(8-4-10)13(19)11-5-6-17(2)15-11/h5-6,10H,3-4,7-8H2,1-2H3. The summed E-state index contributed by atoms with van der Waals surface area (Å²) in [5.74, 6) is 1.62. The van der Waals surface area contributed by atoms with Crippen LogP contribution in [0.5, 0.6) is 0 Å². The fourth-order valence-electron chi connectivity index (χ4n) is 2.51. The zero-order valence-corrected chi connectivity index (χ0v) is 11.6. The van der Waals surface area contributed by atoms with Crippen LogP contribution in [-0.2, 0) is 7.05 Å². The van der Waals surface area contributed by atoms with E-state index in [0.717, 1.165) is 18.7 Å². The lowest BCUT2D eigenvalue weighted by atomic mass is 9.96. The number of nitrogens with zero attached hydrogens (tertiary/aromatic N) is 5. The van der Waals surface area contributed by atoms with Crippen molar-refractivity contribution in [1.82, 2.24) is 24.8 Å². The molecule has 3 heterocycles. The molecule has 2 aromatic heterocycles. The van der Waals surface area contributed by atoms with Crippen molar-refractivity contribution in [2.45, 2.75) is 25.7 Å². The topological polar surface area (TPSA) is 77.1 Å². The van der Waals surface area contributed by atoms with E-state index in [9.17, 15) is 4.79 Å². The highest BCUT2D eigenvalue weighted by Crippen LogP contribution is 2.26. The molecule has 0 unspecified atom stereocenters. The van der Waals surface area contributed by atoms with Crippen LogP contribution in [0.25, 0.3) is 0 Å². The van der Waals surface area contributed by atoms with E-state index in [-0.39, 0.29) is 11.8 Å². The number of amides is 1. The second kappa shape index (κ2) is 5.07. The molecule has 0 N–H and O–H groups in total. The average molecular weight is 275 g/mol. The van der Waals surface area contributed by atoms with Gasteiger partial charge in [-0.05, 0) is 18.9 Å². The molecule has 20 heavy (non-hydrogen) atoms. The summed E-state index contributed by atoms with van der Waals surface area (Å²) < 4.78 is 6.65. The minimum atomic E-state index is -0.00616. The van der Waals surface area contributed by atoms with Gasteiger partial charge in [0.05, 0.1) is 0 Å². The van der Waals surface area contributed by atoms with Gasteiger partial charge in [0.2, 0.25) is 5.89 Å². The Kier molecular flexibility index (Phi) is 3.25. The molecule has 0 spiro atoms. The molecule has 7 heteroatoms. The van der Waals surface area contributed by atoms with E-state index in [1.165, 1.54) is 0 Å². The van der Waals surface area contributed by atoms with E-state index in [1.807, 2.05) is 11.9 Å². The monoisotopic (exact) mass is 275 g/mol. The predicted molar refractivity (Wildman–Crippen MR) is 70.1 cm³/mol. The molecule has 1 amide bonds.